The fourth-order valence-electron chi connectivity index (χ4n) is 2.45. The topological polar surface area (TPSA) is 114 Å². The number of hydrogen-bond acceptors (Lipinski definition) is 6. The molecule has 1 atom stereocenters. The van der Waals surface area contributed by atoms with Crippen LogP contribution >= 0.6 is 0 Å². The average molecular weight is 295 g/mol. The molecule has 1 aliphatic rings. The standard InChI is InChI=1S/C13H21N5O3/c1-8(13-17-16-9(2)21-13)15-12(20)10-3-5-18(6-4-10)7-11(14)19/h8,10H,3-7H2,1-2H3,(H2,14,19)(H,15,20)/t8-/m0/s1. The summed E-state index contributed by atoms with van der Waals surface area (Å²) in [6, 6.07) is -0.303. The molecule has 8 heteroatoms. The minimum Gasteiger partial charge on any atom is -0.423 e. The van der Waals surface area contributed by atoms with E-state index >= 15 is 0 Å². The van der Waals surface area contributed by atoms with E-state index in [2.05, 4.69) is 15.5 Å². The van der Waals surface area contributed by atoms with Crippen LogP contribution < -0.4 is 11.1 Å². The van der Waals surface area contributed by atoms with Gasteiger partial charge in [-0.15, -0.1) is 10.2 Å². The number of primary amides is 1. The number of amides is 2. The number of aromatic nitrogens is 2. The quantitative estimate of drug-likeness (QED) is 0.774. The number of piperidine rings is 1. The maximum Gasteiger partial charge on any atom is 0.238 e. The molecule has 1 aromatic rings. The molecule has 1 fully saturated rings. The van der Waals surface area contributed by atoms with E-state index in [0.29, 0.717) is 37.7 Å². The van der Waals surface area contributed by atoms with Crippen molar-refractivity contribution in [3.63, 3.8) is 0 Å². The third-order valence-corrected chi connectivity index (χ3v) is 3.61. The lowest BCUT2D eigenvalue weighted by Crippen LogP contribution is -2.43. The maximum absolute atomic E-state index is 12.2. The Hall–Kier alpha value is -1.96. The second-order valence-electron chi connectivity index (χ2n) is 5.41. The summed E-state index contributed by atoms with van der Waals surface area (Å²) in [6.07, 6.45) is 1.43. The number of nitrogens with one attached hydrogen (secondary N) is 1. The van der Waals surface area contributed by atoms with E-state index in [0.717, 1.165) is 0 Å². The first-order chi connectivity index (χ1) is 9.95. The molecule has 21 heavy (non-hydrogen) atoms. The van der Waals surface area contributed by atoms with Gasteiger partial charge in [0.25, 0.3) is 0 Å². The minimum absolute atomic E-state index is 0.0166. The molecule has 0 radical (unpaired) electrons. The largest absolute Gasteiger partial charge is 0.423 e. The normalized spacial score (nSPS) is 18.4. The van der Waals surface area contributed by atoms with Crippen LogP contribution in [0.1, 0.15) is 37.6 Å². The van der Waals surface area contributed by atoms with Crippen LogP contribution in [-0.2, 0) is 9.59 Å². The fraction of sp³-hybridized carbons (Fsp3) is 0.692. The molecule has 1 saturated heterocycles. The molecule has 0 aliphatic carbocycles. The molecule has 1 aliphatic heterocycles. The molecule has 2 heterocycles. The van der Waals surface area contributed by atoms with Crippen LogP contribution in [0, 0.1) is 12.8 Å². The summed E-state index contributed by atoms with van der Waals surface area (Å²) in [5.41, 5.74) is 5.17. The monoisotopic (exact) mass is 295 g/mol. The third-order valence-electron chi connectivity index (χ3n) is 3.61. The van der Waals surface area contributed by atoms with Gasteiger partial charge in [0, 0.05) is 12.8 Å². The van der Waals surface area contributed by atoms with E-state index in [1.165, 1.54) is 0 Å². The van der Waals surface area contributed by atoms with Gasteiger partial charge in [0.2, 0.25) is 23.6 Å². The van der Waals surface area contributed by atoms with Crippen molar-refractivity contribution in [2.24, 2.45) is 11.7 Å². The number of carbonyl (C=O) groups is 2. The fourth-order valence-corrected chi connectivity index (χ4v) is 2.45. The van der Waals surface area contributed by atoms with Crippen molar-refractivity contribution < 1.29 is 14.0 Å². The molecule has 0 spiro atoms. The van der Waals surface area contributed by atoms with E-state index < -0.39 is 0 Å². The zero-order valence-corrected chi connectivity index (χ0v) is 12.3. The second kappa shape index (κ2) is 6.66. The van der Waals surface area contributed by atoms with Gasteiger partial charge in [-0.2, -0.15) is 0 Å². The summed E-state index contributed by atoms with van der Waals surface area (Å²) in [5.74, 6) is 0.480. The van der Waals surface area contributed by atoms with Gasteiger partial charge in [-0.3, -0.25) is 14.5 Å². The van der Waals surface area contributed by atoms with Gasteiger partial charge in [0.1, 0.15) is 6.04 Å². The predicted octanol–water partition coefficient (Wildman–Crippen LogP) is -0.247. The van der Waals surface area contributed by atoms with E-state index in [4.69, 9.17) is 10.2 Å². The number of rotatable bonds is 5. The Morgan fingerprint density at radius 3 is 2.62 bits per heavy atom. The molecule has 0 bridgehead atoms. The highest BCUT2D eigenvalue weighted by atomic mass is 16.4. The van der Waals surface area contributed by atoms with Crippen molar-refractivity contribution in [2.45, 2.75) is 32.7 Å². The summed E-state index contributed by atoms with van der Waals surface area (Å²) < 4.78 is 5.30. The van der Waals surface area contributed by atoms with E-state index in [9.17, 15) is 9.59 Å². The van der Waals surface area contributed by atoms with Gasteiger partial charge in [-0.1, -0.05) is 0 Å². The van der Waals surface area contributed by atoms with Gasteiger partial charge in [0.05, 0.1) is 6.54 Å². The first-order valence-corrected chi connectivity index (χ1v) is 7.06. The van der Waals surface area contributed by atoms with Crippen molar-refractivity contribution in [1.29, 1.82) is 0 Å². The minimum atomic E-state index is -0.335. The number of likely N-dealkylation sites (tertiary alicyclic amines) is 1. The smallest absolute Gasteiger partial charge is 0.238 e. The summed E-state index contributed by atoms with van der Waals surface area (Å²) in [6.45, 7) is 5.18. The summed E-state index contributed by atoms with van der Waals surface area (Å²) in [5, 5.41) is 10.5. The molecular weight excluding hydrogens is 274 g/mol. The highest BCUT2D eigenvalue weighted by Gasteiger charge is 2.27. The van der Waals surface area contributed by atoms with Crippen molar-refractivity contribution in [3.8, 4) is 0 Å². The van der Waals surface area contributed by atoms with Crippen LogP contribution in [0.2, 0.25) is 0 Å². The zero-order valence-electron chi connectivity index (χ0n) is 12.3. The highest BCUT2D eigenvalue weighted by Crippen LogP contribution is 2.19. The molecule has 0 unspecified atom stereocenters. The molecule has 0 saturated carbocycles. The summed E-state index contributed by atoms with van der Waals surface area (Å²) in [4.78, 5) is 25.0. The Kier molecular flexibility index (Phi) is 4.89. The Morgan fingerprint density at radius 1 is 1.43 bits per heavy atom. The Balaban J connectivity index is 1.80. The zero-order chi connectivity index (χ0) is 15.4. The SMILES string of the molecule is Cc1nnc([C@H](C)NC(=O)C2CCN(CC(N)=O)CC2)o1. The Bertz CT molecular complexity index is 508. The number of nitrogens with zero attached hydrogens (tertiary/aromatic N) is 3. The molecule has 1 aromatic heterocycles. The molecule has 2 amide bonds. The Labute approximate surface area is 123 Å². The average Bonchev–Trinajstić information content (AvgIpc) is 2.85. The molecule has 0 aromatic carbocycles. The highest BCUT2D eigenvalue weighted by molar-refractivity contribution is 5.79. The molecular formula is C13H21N5O3. The number of nitrogens with two attached hydrogens (primary N) is 1. The number of hydrogen-bond donors (Lipinski definition) is 2. The summed E-state index contributed by atoms with van der Waals surface area (Å²) >= 11 is 0. The number of carbonyl (C=O) groups excluding carboxylic acids is 2. The van der Waals surface area contributed by atoms with Crippen molar-refractivity contribution in [2.75, 3.05) is 19.6 Å². The van der Waals surface area contributed by atoms with Gasteiger partial charge in [0.15, 0.2) is 0 Å². The van der Waals surface area contributed by atoms with Crippen LogP contribution in [0.5, 0.6) is 0 Å². The summed E-state index contributed by atoms with van der Waals surface area (Å²) in [7, 11) is 0. The second-order valence-corrected chi connectivity index (χ2v) is 5.41. The van der Waals surface area contributed by atoms with Crippen LogP contribution in [0.25, 0.3) is 0 Å². The van der Waals surface area contributed by atoms with Crippen LogP contribution in [-0.4, -0.2) is 46.5 Å². The first kappa shape index (κ1) is 15.4. The van der Waals surface area contributed by atoms with Crippen molar-refractivity contribution in [3.05, 3.63) is 11.8 Å². The van der Waals surface area contributed by atoms with Crippen molar-refractivity contribution in [1.82, 2.24) is 20.4 Å². The van der Waals surface area contributed by atoms with Crippen LogP contribution in [0.4, 0.5) is 0 Å². The van der Waals surface area contributed by atoms with Crippen molar-refractivity contribution >= 4 is 11.8 Å². The lowest BCUT2D eigenvalue weighted by Gasteiger charge is -2.30. The predicted molar refractivity (Wildman–Crippen MR) is 74.0 cm³/mol. The molecule has 2 rings (SSSR count). The lowest BCUT2D eigenvalue weighted by atomic mass is 9.95. The van der Waals surface area contributed by atoms with Gasteiger partial charge in [-0.05, 0) is 32.9 Å². The first-order valence-electron chi connectivity index (χ1n) is 7.06. The molecule has 116 valence electrons. The van der Waals surface area contributed by atoms with Crippen LogP contribution in [0.15, 0.2) is 4.42 Å². The van der Waals surface area contributed by atoms with Gasteiger partial charge in [-0.25, -0.2) is 0 Å². The third kappa shape index (κ3) is 4.25. The van der Waals surface area contributed by atoms with Gasteiger partial charge >= 0.3 is 0 Å². The Morgan fingerprint density at radius 2 is 2.10 bits per heavy atom. The molecule has 8 nitrogen and oxygen atoms in total. The lowest BCUT2D eigenvalue weighted by molar-refractivity contribution is -0.127. The number of aryl methyl sites for hydroxylation is 1. The maximum atomic E-state index is 12.2. The van der Waals surface area contributed by atoms with Crippen LogP contribution in [0.3, 0.4) is 0 Å². The van der Waals surface area contributed by atoms with E-state index in [-0.39, 0.29) is 30.3 Å². The van der Waals surface area contributed by atoms with E-state index in [1.807, 2.05) is 11.8 Å². The van der Waals surface area contributed by atoms with Gasteiger partial charge < -0.3 is 15.5 Å². The van der Waals surface area contributed by atoms with E-state index in [1.54, 1.807) is 6.92 Å². The molecule has 3 N–H and O–H groups in total.